The van der Waals surface area contributed by atoms with Crippen LogP contribution < -0.4 is 5.73 Å². The molecule has 2 aromatic heterocycles. The van der Waals surface area contributed by atoms with Crippen LogP contribution in [0, 0.1) is 0 Å². The van der Waals surface area contributed by atoms with Gasteiger partial charge in [-0.15, -0.1) is 0 Å². The van der Waals surface area contributed by atoms with Crippen molar-refractivity contribution in [3.05, 3.63) is 52.9 Å². The molecule has 0 amide bonds. The van der Waals surface area contributed by atoms with Crippen molar-refractivity contribution in [2.75, 3.05) is 5.73 Å². The fourth-order valence-corrected chi connectivity index (χ4v) is 2.56. The number of hydrogen-bond donors (Lipinski definition) is 1. The molecule has 2 heterocycles. The van der Waals surface area contributed by atoms with Gasteiger partial charge in [0, 0.05) is 17.8 Å². The molecule has 0 aliphatic rings. The number of nitrogen functional groups attached to an aromatic ring is 1. The maximum atomic E-state index is 6.01. The smallest absolute Gasteiger partial charge is 0.160 e. The fourth-order valence-electron chi connectivity index (χ4n) is 2.41. The molecule has 0 fully saturated rings. The number of nitrogens with two attached hydrogens (primary N) is 1. The second-order valence-electron chi connectivity index (χ2n) is 5.45. The Morgan fingerprint density at radius 3 is 2.62 bits per heavy atom. The molecule has 1 aromatic carbocycles. The molecule has 0 saturated heterocycles. The van der Waals surface area contributed by atoms with Gasteiger partial charge in [0.1, 0.15) is 11.3 Å². The van der Waals surface area contributed by atoms with Gasteiger partial charge in [0.05, 0.1) is 11.6 Å². The van der Waals surface area contributed by atoms with Crippen LogP contribution in [0.25, 0.3) is 11.2 Å². The third kappa shape index (κ3) is 2.72. The summed E-state index contributed by atoms with van der Waals surface area (Å²) in [6.07, 6.45) is 1.66. The molecule has 3 rings (SSSR count). The first kappa shape index (κ1) is 13.9. The van der Waals surface area contributed by atoms with E-state index in [1.165, 1.54) is 5.56 Å². The highest BCUT2D eigenvalue weighted by Crippen LogP contribution is 2.24. The van der Waals surface area contributed by atoms with Crippen molar-refractivity contribution in [3.8, 4) is 0 Å². The number of pyridine rings is 1. The summed E-state index contributed by atoms with van der Waals surface area (Å²) < 4.78 is 2.14. The third-order valence-electron chi connectivity index (χ3n) is 3.42. The zero-order valence-electron chi connectivity index (χ0n) is 12.0. The van der Waals surface area contributed by atoms with E-state index in [1.807, 2.05) is 30.3 Å². The first-order valence-corrected chi connectivity index (χ1v) is 7.28. The molecule has 5 heteroatoms. The molecule has 0 atom stereocenters. The lowest BCUT2D eigenvalue weighted by molar-refractivity contribution is 0.679. The first-order chi connectivity index (χ1) is 10.0. The van der Waals surface area contributed by atoms with E-state index in [4.69, 9.17) is 17.3 Å². The Balaban J connectivity index is 2.10. The van der Waals surface area contributed by atoms with E-state index in [2.05, 4.69) is 28.4 Å². The first-order valence-electron chi connectivity index (χ1n) is 6.90. The monoisotopic (exact) mass is 300 g/mol. The van der Waals surface area contributed by atoms with Crippen molar-refractivity contribution in [2.24, 2.45) is 0 Å². The quantitative estimate of drug-likeness (QED) is 0.748. The van der Waals surface area contributed by atoms with Crippen LogP contribution in [0.3, 0.4) is 0 Å². The van der Waals surface area contributed by atoms with Crippen LogP contribution in [-0.2, 0) is 6.54 Å². The van der Waals surface area contributed by atoms with E-state index in [1.54, 1.807) is 6.20 Å². The topological polar surface area (TPSA) is 56.7 Å². The van der Waals surface area contributed by atoms with Crippen molar-refractivity contribution >= 4 is 28.5 Å². The molecular weight excluding hydrogens is 284 g/mol. The summed E-state index contributed by atoms with van der Waals surface area (Å²) in [5.74, 6) is 1.32. The lowest BCUT2D eigenvalue weighted by Gasteiger charge is -2.11. The van der Waals surface area contributed by atoms with Crippen LogP contribution in [0.5, 0.6) is 0 Å². The van der Waals surface area contributed by atoms with Gasteiger partial charge < -0.3 is 10.3 Å². The van der Waals surface area contributed by atoms with E-state index < -0.39 is 0 Å². The molecule has 4 nitrogen and oxygen atoms in total. The van der Waals surface area contributed by atoms with E-state index in [-0.39, 0.29) is 0 Å². The Kier molecular flexibility index (Phi) is 3.55. The highest BCUT2D eigenvalue weighted by Gasteiger charge is 2.15. The predicted molar refractivity (Wildman–Crippen MR) is 86.6 cm³/mol. The van der Waals surface area contributed by atoms with Gasteiger partial charge in [0.25, 0.3) is 0 Å². The van der Waals surface area contributed by atoms with Crippen LogP contribution in [0.2, 0.25) is 5.02 Å². The van der Waals surface area contributed by atoms with Crippen molar-refractivity contribution < 1.29 is 0 Å². The van der Waals surface area contributed by atoms with E-state index in [0.29, 0.717) is 10.9 Å². The Morgan fingerprint density at radius 1 is 1.24 bits per heavy atom. The average molecular weight is 301 g/mol. The number of halogens is 1. The van der Waals surface area contributed by atoms with Gasteiger partial charge in [0.2, 0.25) is 0 Å². The molecule has 0 saturated carbocycles. The Bertz CT molecular complexity index is 775. The van der Waals surface area contributed by atoms with Gasteiger partial charge in [-0.05, 0) is 23.8 Å². The summed E-state index contributed by atoms with van der Waals surface area (Å²) in [5.41, 5.74) is 9.37. The van der Waals surface area contributed by atoms with E-state index in [0.717, 1.165) is 29.2 Å². The largest absolute Gasteiger partial charge is 0.399 e. The zero-order chi connectivity index (χ0) is 15.0. The van der Waals surface area contributed by atoms with Crippen LogP contribution in [0.15, 0.2) is 36.5 Å². The number of anilines is 1. The number of imidazole rings is 1. The molecule has 0 aliphatic carbocycles. The molecule has 0 unspecified atom stereocenters. The maximum absolute atomic E-state index is 6.01. The van der Waals surface area contributed by atoms with Gasteiger partial charge in [-0.25, -0.2) is 9.97 Å². The van der Waals surface area contributed by atoms with Gasteiger partial charge in [0.15, 0.2) is 5.65 Å². The number of aromatic nitrogens is 3. The summed E-state index contributed by atoms with van der Waals surface area (Å²) in [6, 6.07) is 9.74. The number of nitrogens with zero attached hydrogens (tertiary/aromatic N) is 3. The summed E-state index contributed by atoms with van der Waals surface area (Å²) in [6.45, 7) is 4.98. The molecule has 0 bridgehead atoms. The second-order valence-corrected chi connectivity index (χ2v) is 5.89. The maximum Gasteiger partial charge on any atom is 0.160 e. The number of fused-ring (bicyclic) bond motifs is 1. The van der Waals surface area contributed by atoms with Crippen molar-refractivity contribution in [1.82, 2.24) is 14.5 Å². The van der Waals surface area contributed by atoms with Crippen LogP contribution >= 0.6 is 11.6 Å². The summed E-state index contributed by atoms with van der Waals surface area (Å²) in [5, 5.41) is 0.606. The molecule has 3 aromatic rings. The number of rotatable bonds is 3. The normalized spacial score (nSPS) is 11.4. The molecule has 108 valence electrons. The lowest BCUT2D eigenvalue weighted by Crippen LogP contribution is -2.07. The van der Waals surface area contributed by atoms with Gasteiger partial charge in [-0.3, -0.25) is 0 Å². The van der Waals surface area contributed by atoms with Crippen LogP contribution in [-0.4, -0.2) is 14.5 Å². The minimum absolute atomic E-state index is 0.312. The van der Waals surface area contributed by atoms with Crippen molar-refractivity contribution in [3.63, 3.8) is 0 Å². The fraction of sp³-hybridized carbons (Fsp3) is 0.250. The standard InChI is InChI=1S/C16H17ClN4/c1-10(2)15-20-14-7-12(17)8-19-16(14)21(15)9-11-3-5-13(18)6-4-11/h3-8,10H,9,18H2,1-2H3. The minimum atomic E-state index is 0.312. The molecule has 0 aliphatic heterocycles. The molecule has 21 heavy (non-hydrogen) atoms. The Morgan fingerprint density at radius 2 is 1.95 bits per heavy atom. The van der Waals surface area contributed by atoms with Gasteiger partial charge >= 0.3 is 0 Å². The minimum Gasteiger partial charge on any atom is -0.399 e. The molecule has 0 spiro atoms. The van der Waals surface area contributed by atoms with E-state index in [9.17, 15) is 0 Å². The average Bonchev–Trinajstić information content (AvgIpc) is 2.79. The van der Waals surface area contributed by atoms with Crippen LogP contribution in [0.1, 0.15) is 31.2 Å². The highest BCUT2D eigenvalue weighted by molar-refractivity contribution is 6.31. The summed E-state index contributed by atoms with van der Waals surface area (Å²) in [4.78, 5) is 9.12. The Hall–Kier alpha value is -2.07. The second kappa shape index (κ2) is 5.37. The molecular formula is C16H17ClN4. The molecule has 0 radical (unpaired) electrons. The van der Waals surface area contributed by atoms with Crippen molar-refractivity contribution in [2.45, 2.75) is 26.3 Å². The predicted octanol–water partition coefficient (Wildman–Crippen LogP) is 3.84. The van der Waals surface area contributed by atoms with Gasteiger partial charge in [-0.2, -0.15) is 0 Å². The highest BCUT2D eigenvalue weighted by atomic mass is 35.5. The van der Waals surface area contributed by atoms with Crippen molar-refractivity contribution in [1.29, 1.82) is 0 Å². The SMILES string of the molecule is CC(C)c1nc2cc(Cl)cnc2n1Cc1ccc(N)cc1. The number of hydrogen-bond acceptors (Lipinski definition) is 3. The summed E-state index contributed by atoms with van der Waals surface area (Å²) >= 11 is 6.01. The van der Waals surface area contributed by atoms with Crippen LogP contribution in [0.4, 0.5) is 5.69 Å². The zero-order valence-corrected chi connectivity index (χ0v) is 12.8. The molecule has 2 N–H and O–H groups in total. The third-order valence-corrected chi connectivity index (χ3v) is 3.62. The summed E-state index contributed by atoms with van der Waals surface area (Å²) in [7, 11) is 0. The van der Waals surface area contributed by atoms with E-state index >= 15 is 0 Å². The lowest BCUT2D eigenvalue weighted by atomic mass is 10.2. The Labute approximate surface area is 128 Å². The van der Waals surface area contributed by atoms with Gasteiger partial charge in [-0.1, -0.05) is 37.6 Å². The number of benzene rings is 1.